The maximum Gasteiger partial charge on any atom is 0.230 e. The molecule has 1 aromatic rings. The number of carbonyl (C=O) groups is 1. The normalized spacial score (nSPS) is 28.6. The lowest BCUT2D eigenvalue weighted by Gasteiger charge is -2.27. The molecule has 3 nitrogen and oxygen atoms in total. The first kappa shape index (κ1) is 13.0. The van der Waals surface area contributed by atoms with E-state index in [1.54, 1.807) is 4.90 Å². The summed E-state index contributed by atoms with van der Waals surface area (Å²) in [4.78, 5) is 14.4. The van der Waals surface area contributed by atoms with Gasteiger partial charge < -0.3 is 10.6 Å². The molecule has 2 N–H and O–H groups in total. The van der Waals surface area contributed by atoms with Crippen molar-refractivity contribution in [3.05, 3.63) is 22.7 Å². The van der Waals surface area contributed by atoms with Crippen LogP contribution in [0.3, 0.4) is 0 Å². The van der Waals surface area contributed by atoms with Crippen LogP contribution in [0.4, 0.5) is 11.4 Å². The molecule has 0 radical (unpaired) electrons. The van der Waals surface area contributed by atoms with Crippen molar-refractivity contribution >= 4 is 33.2 Å². The average Bonchev–Trinajstić information content (AvgIpc) is 2.99. The largest absolute Gasteiger partial charge is 0.397 e. The summed E-state index contributed by atoms with van der Waals surface area (Å²) in [6.45, 7) is 0. The molecule has 3 unspecified atom stereocenters. The minimum Gasteiger partial charge on any atom is -0.397 e. The lowest BCUT2D eigenvalue weighted by Crippen LogP contribution is -2.35. The quantitative estimate of drug-likeness (QED) is 0.848. The zero-order valence-corrected chi connectivity index (χ0v) is 12.7. The molecule has 1 aromatic carbocycles. The number of nitrogen functional groups attached to an aromatic ring is 1. The molecule has 2 bridgehead atoms. The van der Waals surface area contributed by atoms with Crippen molar-refractivity contribution in [2.75, 3.05) is 17.7 Å². The van der Waals surface area contributed by atoms with Crippen LogP contribution >= 0.6 is 15.9 Å². The van der Waals surface area contributed by atoms with E-state index >= 15 is 0 Å². The van der Waals surface area contributed by atoms with Crippen LogP contribution < -0.4 is 10.6 Å². The van der Waals surface area contributed by atoms with Gasteiger partial charge in [-0.1, -0.05) is 22.4 Å². The van der Waals surface area contributed by atoms with E-state index < -0.39 is 0 Å². The monoisotopic (exact) mass is 322 g/mol. The Morgan fingerprint density at radius 3 is 2.74 bits per heavy atom. The summed E-state index contributed by atoms with van der Waals surface area (Å²) in [6.07, 6.45) is 4.87. The Labute approximate surface area is 122 Å². The molecular weight excluding hydrogens is 304 g/mol. The lowest BCUT2D eigenvalue weighted by molar-refractivity contribution is -0.123. The topological polar surface area (TPSA) is 46.3 Å². The molecule has 0 spiro atoms. The highest BCUT2D eigenvalue weighted by molar-refractivity contribution is 9.10. The van der Waals surface area contributed by atoms with Crippen molar-refractivity contribution < 1.29 is 4.79 Å². The van der Waals surface area contributed by atoms with Gasteiger partial charge in [-0.05, 0) is 49.3 Å². The van der Waals surface area contributed by atoms with Crippen molar-refractivity contribution in [3.63, 3.8) is 0 Å². The van der Waals surface area contributed by atoms with Crippen LogP contribution in [0.5, 0.6) is 0 Å². The molecule has 2 saturated carbocycles. The molecule has 1 amide bonds. The van der Waals surface area contributed by atoms with Crippen LogP contribution in [0, 0.1) is 17.8 Å². The van der Waals surface area contributed by atoms with Gasteiger partial charge in [0, 0.05) is 17.4 Å². The van der Waals surface area contributed by atoms with Gasteiger partial charge in [0.1, 0.15) is 0 Å². The van der Waals surface area contributed by atoms with Crippen LogP contribution in [0.25, 0.3) is 0 Å². The predicted octanol–water partition coefficient (Wildman–Crippen LogP) is 3.43. The van der Waals surface area contributed by atoms with E-state index in [9.17, 15) is 4.79 Å². The molecule has 0 aliphatic heterocycles. The minimum atomic E-state index is 0.215. The molecule has 3 rings (SSSR count). The second-order valence-electron chi connectivity index (χ2n) is 5.88. The van der Waals surface area contributed by atoms with Gasteiger partial charge in [-0.3, -0.25) is 4.79 Å². The molecule has 0 heterocycles. The third-order valence-corrected chi connectivity index (χ3v) is 5.23. The lowest BCUT2D eigenvalue weighted by atomic mass is 9.87. The summed E-state index contributed by atoms with van der Waals surface area (Å²) in [7, 11) is 1.84. The van der Waals surface area contributed by atoms with Gasteiger partial charge in [-0.25, -0.2) is 0 Å². The second kappa shape index (κ2) is 4.82. The molecule has 19 heavy (non-hydrogen) atoms. The highest BCUT2D eigenvalue weighted by Crippen LogP contribution is 2.49. The Balaban J connectivity index is 1.79. The Bertz CT molecular complexity index is 517. The van der Waals surface area contributed by atoms with Crippen LogP contribution in [-0.2, 0) is 4.79 Å². The van der Waals surface area contributed by atoms with Crippen LogP contribution in [0.2, 0.25) is 0 Å². The third-order valence-electron chi connectivity index (χ3n) is 4.74. The zero-order chi connectivity index (χ0) is 13.6. The van der Waals surface area contributed by atoms with E-state index in [1.807, 2.05) is 25.2 Å². The molecule has 2 aliphatic rings. The van der Waals surface area contributed by atoms with Crippen molar-refractivity contribution in [1.29, 1.82) is 0 Å². The van der Waals surface area contributed by atoms with E-state index in [0.717, 1.165) is 22.5 Å². The van der Waals surface area contributed by atoms with Gasteiger partial charge in [0.2, 0.25) is 5.91 Å². The number of rotatable bonds is 2. The Morgan fingerprint density at radius 1 is 1.37 bits per heavy atom. The van der Waals surface area contributed by atoms with Gasteiger partial charge in [-0.2, -0.15) is 0 Å². The summed E-state index contributed by atoms with van der Waals surface area (Å²) in [5.74, 6) is 1.85. The van der Waals surface area contributed by atoms with Gasteiger partial charge >= 0.3 is 0 Å². The van der Waals surface area contributed by atoms with Gasteiger partial charge in [-0.15, -0.1) is 0 Å². The summed E-state index contributed by atoms with van der Waals surface area (Å²) in [5.41, 5.74) is 7.47. The van der Waals surface area contributed by atoms with Crippen LogP contribution in [0.1, 0.15) is 25.7 Å². The van der Waals surface area contributed by atoms with Gasteiger partial charge in [0.15, 0.2) is 0 Å². The fourth-order valence-corrected chi connectivity index (χ4v) is 4.12. The first-order valence-corrected chi connectivity index (χ1v) is 7.68. The smallest absolute Gasteiger partial charge is 0.230 e. The number of anilines is 2. The zero-order valence-electron chi connectivity index (χ0n) is 11.1. The number of nitrogens with zero attached hydrogens (tertiary/aromatic N) is 1. The average molecular weight is 323 g/mol. The third kappa shape index (κ3) is 2.27. The van der Waals surface area contributed by atoms with Gasteiger partial charge in [0.05, 0.1) is 11.4 Å². The Hall–Kier alpha value is -1.03. The first-order chi connectivity index (χ1) is 9.06. The predicted molar refractivity (Wildman–Crippen MR) is 80.9 cm³/mol. The van der Waals surface area contributed by atoms with E-state index in [2.05, 4.69) is 15.9 Å². The second-order valence-corrected chi connectivity index (χ2v) is 6.80. The fourth-order valence-electron chi connectivity index (χ4n) is 3.75. The summed E-state index contributed by atoms with van der Waals surface area (Å²) in [6, 6.07) is 5.68. The van der Waals surface area contributed by atoms with Crippen molar-refractivity contribution in [2.45, 2.75) is 25.7 Å². The highest BCUT2D eigenvalue weighted by atomic mass is 79.9. The van der Waals surface area contributed by atoms with E-state index in [0.29, 0.717) is 11.6 Å². The molecule has 102 valence electrons. The molecule has 4 heteroatoms. The van der Waals surface area contributed by atoms with Crippen LogP contribution in [0.15, 0.2) is 22.7 Å². The first-order valence-electron chi connectivity index (χ1n) is 6.89. The number of benzene rings is 1. The maximum atomic E-state index is 12.6. The highest BCUT2D eigenvalue weighted by Gasteiger charge is 2.44. The number of nitrogens with two attached hydrogens (primary N) is 1. The number of hydrogen-bond donors (Lipinski definition) is 1. The molecule has 3 atom stereocenters. The summed E-state index contributed by atoms with van der Waals surface area (Å²) in [5, 5.41) is 0. The summed E-state index contributed by atoms with van der Waals surface area (Å²) >= 11 is 3.39. The van der Waals surface area contributed by atoms with E-state index in [-0.39, 0.29) is 11.8 Å². The fraction of sp³-hybridized carbons (Fsp3) is 0.533. The molecule has 2 aliphatic carbocycles. The van der Waals surface area contributed by atoms with Crippen molar-refractivity contribution in [3.8, 4) is 0 Å². The Kier molecular flexibility index (Phi) is 3.29. The molecular formula is C15H19BrN2O. The van der Waals surface area contributed by atoms with Gasteiger partial charge in [0.25, 0.3) is 0 Å². The molecule has 0 aromatic heterocycles. The summed E-state index contributed by atoms with van der Waals surface area (Å²) < 4.78 is 0.939. The van der Waals surface area contributed by atoms with E-state index in [4.69, 9.17) is 5.73 Å². The standard InChI is InChI=1S/C15H19BrN2O/c1-18(14-5-4-11(16)8-13(14)17)15(19)12-7-9-2-3-10(12)6-9/h4-5,8-10,12H,2-3,6-7,17H2,1H3. The SMILES string of the molecule is CN(C(=O)C1CC2CCC1C2)c1ccc(Br)cc1N. The maximum absolute atomic E-state index is 12.6. The van der Waals surface area contributed by atoms with Crippen LogP contribution in [-0.4, -0.2) is 13.0 Å². The van der Waals surface area contributed by atoms with Crippen molar-refractivity contribution in [1.82, 2.24) is 0 Å². The number of amides is 1. The number of carbonyl (C=O) groups excluding carboxylic acids is 1. The molecule has 2 fully saturated rings. The number of hydrogen-bond acceptors (Lipinski definition) is 2. The number of fused-ring (bicyclic) bond motifs is 2. The minimum absolute atomic E-state index is 0.215. The van der Waals surface area contributed by atoms with E-state index in [1.165, 1.54) is 19.3 Å². The van der Waals surface area contributed by atoms with Crippen molar-refractivity contribution in [2.24, 2.45) is 17.8 Å². The molecule has 0 saturated heterocycles. The Morgan fingerprint density at radius 2 is 2.16 bits per heavy atom. The number of halogens is 1.